The van der Waals surface area contributed by atoms with E-state index < -0.39 is 5.79 Å². The van der Waals surface area contributed by atoms with E-state index in [0.29, 0.717) is 13.2 Å². The Morgan fingerprint density at radius 2 is 1.80 bits per heavy atom. The lowest BCUT2D eigenvalue weighted by Crippen LogP contribution is -2.25. The predicted octanol–water partition coefficient (Wildman–Crippen LogP) is 2.30. The molecule has 0 saturated carbocycles. The van der Waals surface area contributed by atoms with E-state index in [4.69, 9.17) is 14.2 Å². The fourth-order valence-corrected chi connectivity index (χ4v) is 1.87. The Hall–Kier alpha value is -1.06. The molecule has 0 atom stereocenters. The number of ether oxygens (including phenoxy) is 3. The molecule has 1 aromatic carbocycles. The summed E-state index contributed by atoms with van der Waals surface area (Å²) in [6, 6.07) is 7.84. The van der Waals surface area contributed by atoms with Crippen molar-refractivity contribution in [3.63, 3.8) is 0 Å². The third-order valence-electron chi connectivity index (χ3n) is 2.75. The van der Waals surface area contributed by atoms with Crippen molar-refractivity contribution in [2.45, 2.75) is 19.1 Å². The molecule has 0 amide bonds. The van der Waals surface area contributed by atoms with Gasteiger partial charge in [-0.2, -0.15) is 0 Å². The molecule has 3 heteroatoms. The Labute approximate surface area is 90.0 Å². The summed E-state index contributed by atoms with van der Waals surface area (Å²) in [4.78, 5) is 0. The third kappa shape index (κ3) is 1.85. The summed E-state index contributed by atoms with van der Waals surface area (Å²) in [5.41, 5.74) is 1.06. The molecule has 0 aromatic heterocycles. The van der Waals surface area contributed by atoms with Gasteiger partial charge in [0.05, 0.1) is 20.3 Å². The van der Waals surface area contributed by atoms with E-state index in [2.05, 4.69) is 6.92 Å². The van der Waals surface area contributed by atoms with Gasteiger partial charge >= 0.3 is 0 Å². The number of methoxy groups -OCH3 is 1. The topological polar surface area (TPSA) is 27.7 Å². The first-order chi connectivity index (χ1) is 7.30. The molecule has 1 fully saturated rings. The van der Waals surface area contributed by atoms with Crippen molar-refractivity contribution in [2.75, 3.05) is 20.3 Å². The predicted molar refractivity (Wildman–Crippen MR) is 56.9 cm³/mol. The molecular formula is C12H16O3. The summed E-state index contributed by atoms with van der Waals surface area (Å²) >= 11 is 0. The van der Waals surface area contributed by atoms with Crippen LogP contribution in [0.25, 0.3) is 0 Å². The van der Waals surface area contributed by atoms with E-state index in [1.54, 1.807) is 7.11 Å². The van der Waals surface area contributed by atoms with Crippen LogP contribution >= 0.6 is 0 Å². The number of benzene rings is 1. The van der Waals surface area contributed by atoms with Crippen LogP contribution in [0.3, 0.4) is 0 Å². The zero-order valence-electron chi connectivity index (χ0n) is 9.16. The van der Waals surface area contributed by atoms with Gasteiger partial charge in [0.25, 0.3) is 0 Å². The largest absolute Gasteiger partial charge is 0.497 e. The second kappa shape index (κ2) is 4.21. The van der Waals surface area contributed by atoms with Crippen LogP contribution in [0.5, 0.6) is 5.75 Å². The molecule has 2 rings (SSSR count). The summed E-state index contributed by atoms with van der Waals surface area (Å²) < 4.78 is 16.5. The molecule has 0 spiro atoms. The third-order valence-corrected chi connectivity index (χ3v) is 2.75. The highest BCUT2D eigenvalue weighted by molar-refractivity contribution is 5.30. The van der Waals surface area contributed by atoms with Crippen LogP contribution in [-0.2, 0) is 15.3 Å². The number of rotatable bonds is 3. The maximum absolute atomic E-state index is 5.69. The minimum atomic E-state index is -0.535. The van der Waals surface area contributed by atoms with Crippen molar-refractivity contribution >= 4 is 0 Å². The minimum Gasteiger partial charge on any atom is -0.497 e. The quantitative estimate of drug-likeness (QED) is 0.762. The molecule has 0 unspecified atom stereocenters. The van der Waals surface area contributed by atoms with Crippen LogP contribution in [0.2, 0.25) is 0 Å². The Bertz CT molecular complexity index is 312. The zero-order valence-corrected chi connectivity index (χ0v) is 9.16. The molecule has 82 valence electrons. The highest BCUT2D eigenvalue weighted by atomic mass is 16.7. The van der Waals surface area contributed by atoms with E-state index in [9.17, 15) is 0 Å². The van der Waals surface area contributed by atoms with Crippen LogP contribution in [-0.4, -0.2) is 20.3 Å². The number of hydrogen-bond acceptors (Lipinski definition) is 3. The van der Waals surface area contributed by atoms with E-state index in [1.807, 2.05) is 24.3 Å². The van der Waals surface area contributed by atoms with Crippen molar-refractivity contribution < 1.29 is 14.2 Å². The lowest BCUT2D eigenvalue weighted by atomic mass is 10.0. The molecule has 1 aliphatic heterocycles. The average Bonchev–Trinajstić information content (AvgIpc) is 2.79. The van der Waals surface area contributed by atoms with Gasteiger partial charge in [0.1, 0.15) is 5.75 Å². The molecule has 0 aliphatic carbocycles. The van der Waals surface area contributed by atoms with Gasteiger partial charge in [-0.3, -0.25) is 0 Å². The van der Waals surface area contributed by atoms with Crippen molar-refractivity contribution in [1.82, 2.24) is 0 Å². The molecule has 1 aliphatic rings. The Morgan fingerprint density at radius 3 is 2.27 bits per heavy atom. The molecular weight excluding hydrogens is 192 g/mol. The standard InChI is InChI=1S/C12H16O3/c1-3-12(14-8-9-15-12)10-4-6-11(13-2)7-5-10/h4-7H,3,8-9H2,1-2H3. The summed E-state index contributed by atoms with van der Waals surface area (Å²) in [7, 11) is 1.66. The van der Waals surface area contributed by atoms with Crippen LogP contribution in [0.1, 0.15) is 18.9 Å². The molecule has 15 heavy (non-hydrogen) atoms. The second-order valence-corrected chi connectivity index (χ2v) is 3.53. The lowest BCUT2D eigenvalue weighted by molar-refractivity contribution is -0.167. The minimum absolute atomic E-state index is 0.535. The summed E-state index contributed by atoms with van der Waals surface area (Å²) in [5, 5.41) is 0. The SMILES string of the molecule is CCC1(c2ccc(OC)cc2)OCCO1. The van der Waals surface area contributed by atoms with Gasteiger partial charge in [0, 0.05) is 12.0 Å². The normalized spacial score (nSPS) is 19.1. The zero-order chi connectivity index (χ0) is 10.7. The molecule has 0 N–H and O–H groups in total. The monoisotopic (exact) mass is 208 g/mol. The van der Waals surface area contributed by atoms with Crippen molar-refractivity contribution in [2.24, 2.45) is 0 Å². The average molecular weight is 208 g/mol. The Kier molecular flexibility index (Phi) is 2.93. The Morgan fingerprint density at radius 1 is 1.20 bits per heavy atom. The summed E-state index contributed by atoms with van der Waals surface area (Å²) in [5.74, 6) is 0.315. The lowest BCUT2D eigenvalue weighted by Gasteiger charge is -2.26. The fraction of sp³-hybridized carbons (Fsp3) is 0.500. The molecule has 1 heterocycles. The fourth-order valence-electron chi connectivity index (χ4n) is 1.87. The van der Waals surface area contributed by atoms with Gasteiger partial charge in [-0.1, -0.05) is 6.92 Å². The van der Waals surface area contributed by atoms with Crippen molar-refractivity contribution in [1.29, 1.82) is 0 Å². The summed E-state index contributed by atoms with van der Waals surface area (Å²) in [6.07, 6.45) is 0.819. The van der Waals surface area contributed by atoms with Gasteiger partial charge < -0.3 is 14.2 Å². The summed E-state index contributed by atoms with van der Waals surface area (Å²) in [6.45, 7) is 3.40. The molecule has 0 bridgehead atoms. The van der Waals surface area contributed by atoms with E-state index in [-0.39, 0.29) is 0 Å². The maximum Gasteiger partial charge on any atom is 0.194 e. The van der Waals surface area contributed by atoms with E-state index in [1.165, 1.54) is 0 Å². The van der Waals surface area contributed by atoms with Crippen LogP contribution in [0.15, 0.2) is 24.3 Å². The first-order valence-corrected chi connectivity index (χ1v) is 5.23. The van der Waals surface area contributed by atoms with E-state index in [0.717, 1.165) is 17.7 Å². The second-order valence-electron chi connectivity index (χ2n) is 3.53. The van der Waals surface area contributed by atoms with Gasteiger partial charge in [0.15, 0.2) is 5.79 Å². The first-order valence-electron chi connectivity index (χ1n) is 5.23. The van der Waals surface area contributed by atoms with Crippen LogP contribution in [0.4, 0.5) is 0 Å². The molecule has 3 nitrogen and oxygen atoms in total. The first kappa shape index (κ1) is 10.5. The number of hydrogen-bond donors (Lipinski definition) is 0. The van der Waals surface area contributed by atoms with Gasteiger partial charge in [0.2, 0.25) is 0 Å². The van der Waals surface area contributed by atoms with Crippen LogP contribution in [0, 0.1) is 0 Å². The van der Waals surface area contributed by atoms with E-state index >= 15 is 0 Å². The molecule has 0 radical (unpaired) electrons. The highest BCUT2D eigenvalue weighted by Crippen LogP contribution is 2.35. The van der Waals surface area contributed by atoms with Crippen molar-refractivity contribution in [3.8, 4) is 5.75 Å². The smallest absolute Gasteiger partial charge is 0.194 e. The molecule has 1 saturated heterocycles. The molecule has 1 aromatic rings. The van der Waals surface area contributed by atoms with Crippen molar-refractivity contribution in [3.05, 3.63) is 29.8 Å². The van der Waals surface area contributed by atoms with Crippen LogP contribution < -0.4 is 4.74 Å². The maximum atomic E-state index is 5.69. The van der Waals surface area contributed by atoms with Gasteiger partial charge in [-0.05, 0) is 24.3 Å². The Balaban J connectivity index is 2.26. The van der Waals surface area contributed by atoms with Gasteiger partial charge in [-0.15, -0.1) is 0 Å². The van der Waals surface area contributed by atoms with Gasteiger partial charge in [-0.25, -0.2) is 0 Å². The highest BCUT2D eigenvalue weighted by Gasteiger charge is 2.36.